The van der Waals surface area contributed by atoms with Crippen molar-refractivity contribution in [2.75, 3.05) is 19.6 Å². The van der Waals surface area contributed by atoms with E-state index in [0.717, 1.165) is 11.1 Å². The number of piperidine rings is 1. The lowest BCUT2D eigenvalue weighted by Crippen LogP contribution is -2.43. The second-order valence-electron chi connectivity index (χ2n) is 11.1. The van der Waals surface area contributed by atoms with Crippen LogP contribution in [0.5, 0.6) is 0 Å². The van der Waals surface area contributed by atoms with E-state index in [0.29, 0.717) is 61.1 Å². The second kappa shape index (κ2) is 13.6. The third-order valence-electron chi connectivity index (χ3n) is 8.06. The molecule has 1 saturated heterocycles. The summed E-state index contributed by atoms with van der Waals surface area (Å²) in [6, 6.07) is 16.3. The minimum atomic E-state index is -4.92. The predicted molar refractivity (Wildman–Crippen MR) is 157 cm³/mol. The zero-order valence-electron chi connectivity index (χ0n) is 23.2. The maximum atomic E-state index is 13.3. The van der Waals surface area contributed by atoms with E-state index in [1.807, 2.05) is 36.4 Å². The normalized spacial score (nSPS) is 16.7. The summed E-state index contributed by atoms with van der Waals surface area (Å²) in [4.78, 5) is 2.24. The van der Waals surface area contributed by atoms with Crippen LogP contribution in [0.15, 0.2) is 66.7 Å². The largest absolute Gasteiger partial charge is 0.416 e. The van der Waals surface area contributed by atoms with Crippen molar-refractivity contribution in [3.8, 4) is 0 Å². The third-order valence-corrected chi connectivity index (χ3v) is 8.80. The molecule has 4 rings (SSSR count). The minimum absolute atomic E-state index is 0.00422. The van der Waals surface area contributed by atoms with E-state index in [1.165, 1.54) is 0 Å². The summed E-state index contributed by atoms with van der Waals surface area (Å²) in [6.45, 7) is 2.02. The molecule has 1 atom stereocenters. The van der Waals surface area contributed by atoms with E-state index in [2.05, 4.69) is 4.90 Å². The quantitative estimate of drug-likeness (QED) is 0.171. The summed E-state index contributed by atoms with van der Waals surface area (Å²) in [7, 11) is 0. The summed E-state index contributed by atoms with van der Waals surface area (Å²) in [6.07, 6.45) is -7.95. The average Bonchev–Trinajstić information content (AvgIpc) is 2.96. The van der Waals surface area contributed by atoms with Gasteiger partial charge in [-0.2, -0.15) is 26.3 Å². The van der Waals surface area contributed by atoms with Crippen LogP contribution >= 0.6 is 23.2 Å². The van der Waals surface area contributed by atoms with Gasteiger partial charge in [0, 0.05) is 18.8 Å². The number of nitrogens with one attached hydrogen (secondary N) is 1. The topological polar surface area (TPSA) is 47.3 Å². The highest BCUT2D eigenvalue weighted by atomic mass is 35.5. The summed E-state index contributed by atoms with van der Waals surface area (Å²) in [5.41, 5.74) is -1.80. The van der Waals surface area contributed by atoms with Crippen LogP contribution < -0.4 is 0 Å². The predicted octanol–water partition coefficient (Wildman–Crippen LogP) is 9.53. The Morgan fingerprint density at radius 2 is 1.47 bits per heavy atom. The molecule has 1 heterocycles. The van der Waals surface area contributed by atoms with Crippen LogP contribution in [0.1, 0.15) is 65.8 Å². The highest BCUT2D eigenvalue weighted by Gasteiger charge is 2.37. The van der Waals surface area contributed by atoms with Crippen molar-refractivity contribution in [3.05, 3.63) is 105 Å². The first kappa shape index (κ1) is 33.3. The average molecular weight is 646 g/mol. The number of aliphatic hydroxyl groups is 1. The van der Waals surface area contributed by atoms with E-state index in [-0.39, 0.29) is 42.5 Å². The van der Waals surface area contributed by atoms with Gasteiger partial charge in [-0.05, 0) is 98.0 Å². The van der Waals surface area contributed by atoms with Crippen molar-refractivity contribution < 1.29 is 31.4 Å². The van der Waals surface area contributed by atoms with Gasteiger partial charge in [-0.1, -0.05) is 59.6 Å². The molecule has 43 heavy (non-hydrogen) atoms. The monoisotopic (exact) mass is 644 g/mol. The van der Waals surface area contributed by atoms with Crippen molar-refractivity contribution in [1.82, 2.24) is 4.90 Å². The molecule has 0 aromatic heterocycles. The minimum Gasteiger partial charge on any atom is -0.385 e. The van der Waals surface area contributed by atoms with Gasteiger partial charge < -0.3 is 15.4 Å². The van der Waals surface area contributed by atoms with Crippen LogP contribution in [0.25, 0.3) is 0 Å². The van der Waals surface area contributed by atoms with E-state index in [4.69, 9.17) is 28.6 Å². The second-order valence-corrected chi connectivity index (χ2v) is 11.9. The molecule has 11 heteroatoms. The third kappa shape index (κ3) is 8.97. The number of likely N-dealkylation sites (tertiary alicyclic amines) is 1. The van der Waals surface area contributed by atoms with Gasteiger partial charge in [0.1, 0.15) is 0 Å². The van der Waals surface area contributed by atoms with E-state index in [1.54, 1.807) is 12.1 Å². The maximum absolute atomic E-state index is 13.3. The van der Waals surface area contributed by atoms with E-state index in [9.17, 15) is 31.4 Å². The fourth-order valence-corrected chi connectivity index (χ4v) is 5.84. The van der Waals surface area contributed by atoms with Gasteiger partial charge in [-0.3, -0.25) is 0 Å². The van der Waals surface area contributed by atoms with Crippen LogP contribution in [0, 0.1) is 5.41 Å². The lowest BCUT2D eigenvalue weighted by Gasteiger charge is -2.39. The standard InChI is InChI=1S/C32H32Cl2F6N2O/c33-28-9-7-22(19-29(28)34)23(10-13-42-14-11-30(43,12-15-42)24-4-2-1-3-5-24)18-27(41)8-6-21-16-25(31(35,36)37)20-26(17-21)32(38,39)40/h1-5,7,9,16-17,19-20,23,41,43H,6,8,10-15,18H2. The summed E-state index contributed by atoms with van der Waals surface area (Å²) < 4.78 is 79.7. The van der Waals surface area contributed by atoms with Crippen molar-refractivity contribution in [2.24, 2.45) is 0 Å². The van der Waals surface area contributed by atoms with Crippen molar-refractivity contribution in [2.45, 2.75) is 62.4 Å². The molecule has 2 N–H and O–H groups in total. The van der Waals surface area contributed by atoms with Crippen LogP contribution in [0.3, 0.4) is 0 Å². The van der Waals surface area contributed by atoms with Gasteiger partial charge in [0.05, 0.1) is 26.8 Å². The number of nitrogens with zero attached hydrogens (tertiary/aromatic N) is 1. The zero-order valence-corrected chi connectivity index (χ0v) is 24.7. The molecule has 0 aliphatic carbocycles. The molecular weight excluding hydrogens is 613 g/mol. The molecule has 3 nitrogen and oxygen atoms in total. The zero-order chi connectivity index (χ0) is 31.4. The summed E-state index contributed by atoms with van der Waals surface area (Å²) in [5.74, 6) is -0.176. The van der Waals surface area contributed by atoms with Gasteiger partial charge in [0.2, 0.25) is 0 Å². The molecule has 0 amide bonds. The van der Waals surface area contributed by atoms with Gasteiger partial charge >= 0.3 is 12.4 Å². The van der Waals surface area contributed by atoms with Gasteiger partial charge in [-0.25, -0.2) is 0 Å². The molecule has 0 radical (unpaired) electrons. The van der Waals surface area contributed by atoms with Crippen molar-refractivity contribution in [1.29, 1.82) is 5.41 Å². The van der Waals surface area contributed by atoms with Crippen LogP contribution in [0.2, 0.25) is 10.0 Å². The molecule has 0 bridgehead atoms. The van der Waals surface area contributed by atoms with Gasteiger partial charge in [0.15, 0.2) is 0 Å². The first-order valence-electron chi connectivity index (χ1n) is 13.9. The Kier molecular flexibility index (Phi) is 10.5. The van der Waals surface area contributed by atoms with Crippen LogP contribution in [-0.2, 0) is 24.4 Å². The Morgan fingerprint density at radius 1 is 0.860 bits per heavy atom. The maximum Gasteiger partial charge on any atom is 0.416 e. The molecular formula is C32H32Cl2F6N2O. The van der Waals surface area contributed by atoms with Crippen molar-refractivity contribution >= 4 is 28.9 Å². The van der Waals surface area contributed by atoms with Gasteiger partial charge in [0.25, 0.3) is 0 Å². The van der Waals surface area contributed by atoms with Crippen LogP contribution in [-0.4, -0.2) is 35.4 Å². The molecule has 232 valence electrons. The number of alkyl halides is 6. The lowest BCUT2D eigenvalue weighted by atomic mass is 9.84. The summed E-state index contributed by atoms with van der Waals surface area (Å²) in [5, 5.41) is 20.5. The SMILES string of the molecule is N=C(CCc1cc(C(F)(F)F)cc(C(F)(F)F)c1)CC(CCN1CCC(O)(c2ccccc2)CC1)c1ccc(Cl)c(Cl)c1. The van der Waals surface area contributed by atoms with E-state index >= 15 is 0 Å². The smallest absolute Gasteiger partial charge is 0.385 e. The fraction of sp³-hybridized carbons (Fsp3) is 0.406. The molecule has 1 aliphatic heterocycles. The Bertz CT molecular complexity index is 1370. The first-order chi connectivity index (χ1) is 20.1. The Balaban J connectivity index is 1.42. The van der Waals surface area contributed by atoms with Crippen LogP contribution in [0.4, 0.5) is 26.3 Å². The molecule has 1 aliphatic rings. The number of benzene rings is 3. The molecule has 1 fully saturated rings. The van der Waals surface area contributed by atoms with Gasteiger partial charge in [-0.15, -0.1) is 0 Å². The number of hydrogen-bond donors (Lipinski definition) is 2. The Morgan fingerprint density at radius 3 is 2.02 bits per heavy atom. The summed E-state index contributed by atoms with van der Waals surface area (Å²) >= 11 is 12.4. The van der Waals surface area contributed by atoms with Crippen molar-refractivity contribution in [3.63, 3.8) is 0 Å². The first-order valence-corrected chi connectivity index (χ1v) is 14.7. The molecule has 0 saturated carbocycles. The highest BCUT2D eigenvalue weighted by molar-refractivity contribution is 6.42. The molecule has 3 aromatic rings. The lowest BCUT2D eigenvalue weighted by molar-refractivity contribution is -0.143. The Hall–Kier alpha value is -2.59. The molecule has 1 unspecified atom stereocenters. The number of rotatable bonds is 10. The fourth-order valence-electron chi connectivity index (χ4n) is 5.53. The highest BCUT2D eigenvalue weighted by Crippen LogP contribution is 2.38. The molecule has 3 aromatic carbocycles. The number of halogens is 8. The number of hydrogen-bond acceptors (Lipinski definition) is 3. The Labute approximate surface area is 256 Å². The molecule has 0 spiro atoms. The number of aryl methyl sites for hydroxylation is 1. The van der Waals surface area contributed by atoms with E-state index < -0.39 is 29.1 Å².